The van der Waals surface area contributed by atoms with Gasteiger partial charge in [0.25, 0.3) is 0 Å². The number of likely N-dealkylation sites (N-methyl/N-ethyl adjacent to an activating group) is 1. The average Bonchev–Trinajstić information content (AvgIpc) is 2.81. The van der Waals surface area contributed by atoms with Gasteiger partial charge in [-0.3, -0.25) is 4.79 Å². The van der Waals surface area contributed by atoms with Crippen LogP contribution >= 0.6 is 0 Å². The number of nitrogens with zero attached hydrogens (tertiary/aromatic N) is 3. The van der Waals surface area contributed by atoms with E-state index < -0.39 is 10.0 Å². The molecule has 0 aliphatic carbocycles. The van der Waals surface area contributed by atoms with E-state index in [4.69, 9.17) is 9.47 Å². The second kappa shape index (κ2) is 13.4. The standard InChI is InChI=1S/C25H43N3O5S/c1-7-27(8-2)12-9-22-10-13-28(14-11-22)24(29)19-33-16-15-26(5)34(30,31)25-20(3)17-23(32-6)18-21(25)4/h17-18,22H,7-16,19H2,1-6H3. The number of carbonyl (C=O) groups excluding carboxylic acids is 1. The molecule has 1 aliphatic rings. The van der Waals surface area contributed by atoms with Crippen molar-refractivity contribution in [3.05, 3.63) is 23.3 Å². The summed E-state index contributed by atoms with van der Waals surface area (Å²) in [4.78, 5) is 17.1. The Bertz CT molecular complexity index is 871. The largest absolute Gasteiger partial charge is 0.497 e. The third-order valence-corrected chi connectivity index (χ3v) is 8.99. The predicted octanol–water partition coefficient (Wildman–Crippen LogP) is 2.92. The molecule has 1 amide bonds. The number of piperidine rings is 1. The minimum atomic E-state index is -3.67. The summed E-state index contributed by atoms with van der Waals surface area (Å²) in [6.07, 6.45) is 3.26. The third kappa shape index (κ3) is 7.66. The number of benzene rings is 1. The van der Waals surface area contributed by atoms with Gasteiger partial charge in [0.2, 0.25) is 15.9 Å². The molecule has 1 aliphatic heterocycles. The van der Waals surface area contributed by atoms with Crippen molar-refractivity contribution >= 4 is 15.9 Å². The summed E-state index contributed by atoms with van der Waals surface area (Å²) < 4.78 is 38.2. The van der Waals surface area contributed by atoms with Gasteiger partial charge >= 0.3 is 0 Å². The lowest BCUT2D eigenvalue weighted by atomic mass is 9.93. The fraction of sp³-hybridized carbons (Fsp3) is 0.720. The number of hydrogen-bond acceptors (Lipinski definition) is 6. The molecule has 0 saturated carbocycles. The number of amides is 1. The Kier molecular flexibility index (Phi) is 11.3. The van der Waals surface area contributed by atoms with Gasteiger partial charge in [-0.1, -0.05) is 13.8 Å². The molecule has 0 atom stereocenters. The molecule has 0 bridgehead atoms. The second-order valence-electron chi connectivity index (χ2n) is 9.11. The van der Waals surface area contributed by atoms with Crippen LogP contribution in [0.1, 0.15) is 44.2 Å². The molecule has 1 aromatic rings. The summed E-state index contributed by atoms with van der Waals surface area (Å²) in [7, 11) is -0.577. The third-order valence-electron chi connectivity index (χ3n) is 6.83. The summed E-state index contributed by atoms with van der Waals surface area (Å²) in [6, 6.07) is 3.44. The van der Waals surface area contributed by atoms with Crippen molar-refractivity contribution in [2.75, 3.05) is 66.6 Å². The molecule has 0 radical (unpaired) electrons. The van der Waals surface area contributed by atoms with Gasteiger partial charge in [0.1, 0.15) is 12.4 Å². The molecule has 0 spiro atoms. The Balaban J connectivity index is 1.76. The Morgan fingerprint density at radius 2 is 1.68 bits per heavy atom. The molecule has 34 heavy (non-hydrogen) atoms. The fourth-order valence-corrected chi connectivity index (χ4v) is 6.09. The molecule has 8 nitrogen and oxygen atoms in total. The van der Waals surface area contributed by atoms with E-state index in [2.05, 4.69) is 18.7 Å². The van der Waals surface area contributed by atoms with Gasteiger partial charge in [-0.2, -0.15) is 4.31 Å². The first kappa shape index (κ1) is 28.6. The van der Waals surface area contributed by atoms with Crippen LogP contribution in [-0.4, -0.2) is 95.1 Å². The van der Waals surface area contributed by atoms with Crippen LogP contribution in [0.3, 0.4) is 0 Å². The molecule has 1 saturated heterocycles. The normalized spacial score (nSPS) is 15.4. The summed E-state index contributed by atoms with van der Waals surface area (Å²) in [5, 5.41) is 0. The van der Waals surface area contributed by atoms with Crippen LogP contribution in [0.5, 0.6) is 5.75 Å². The van der Waals surface area contributed by atoms with E-state index in [0.717, 1.165) is 45.6 Å². The molecular weight excluding hydrogens is 454 g/mol. The van der Waals surface area contributed by atoms with Crippen LogP contribution < -0.4 is 4.74 Å². The number of rotatable bonds is 13. The van der Waals surface area contributed by atoms with Crippen molar-refractivity contribution in [1.82, 2.24) is 14.1 Å². The van der Waals surface area contributed by atoms with E-state index in [-0.39, 0.29) is 30.6 Å². The van der Waals surface area contributed by atoms with Gasteiger partial charge in [0.05, 0.1) is 18.6 Å². The number of ether oxygens (including phenoxy) is 2. The lowest BCUT2D eigenvalue weighted by Crippen LogP contribution is -2.41. The molecule has 0 N–H and O–H groups in total. The minimum Gasteiger partial charge on any atom is -0.497 e. The molecule has 0 unspecified atom stereocenters. The Morgan fingerprint density at radius 1 is 1.09 bits per heavy atom. The molecule has 9 heteroatoms. The van der Waals surface area contributed by atoms with E-state index in [1.807, 2.05) is 4.90 Å². The summed E-state index contributed by atoms with van der Waals surface area (Å²) >= 11 is 0. The van der Waals surface area contributed by atoms with E-state index >= 15 is 0 Å². The molecule has 2 rings (SSSR count). The lowest BCUT2D eigenvalue weighted by Gasteiger charge is -2.33. The highest BCUT2D eigenvalue weighted by Gasteiger charge is 2.26. The van der Waals surface area contributed by atoms with Gasteiger partial charge in [-0.05, 0) is 81.9 Å². The summed E-state index contributed by atoms with van der Waals surface area (Å²) in [5.41, 5.74) is 1.28. The number of methoxy groups -OCH3 is 1. The van der Waals surface area contributed by atoms with Crippen LogP contribution in [0.4, 0.5) is 0 Å². The van der Waals surface area contributed by atoms with Gasteiger partial charge in [0.15, 0.2) is 0 Å². The number of sulfonamides is 1. The van der Waals surface area contributed by atoms with E-state index in [1.54, 1.807) is 33.1 Å². The zero-order valence-electron chi connectivity index (χ0n) is 21.8. The SMILES string of the molecule is CCN(CC)CCC1CCN(C(=O)COCCN(C)S(=O)(=O)c2c(C)cc(OC)cc2C)CC1. The smallest absolute Gasteiger partial charge is 0.248 e. The zero-order chi connectivity index (χ0) is 25.3. The average molecular weight is 498 g/mol. The lowest BCUT2D eigenvalue weighted by molar-refractivity contribution is -0.137. The fourth-order valence-electron chi connectivity index (χ4n) is 4.53. The maximum Gasteiger partial charge on any atom is 0.248 e. The second-order valence-corrected chi connectivity index (χ2v) is 11.1. The molecule has 1 fully saturated rings. The van der Waals surface area contributed by atoms with Crippen molar-refractivity contribution in [2.24, 2.45) is 5.92 Å². The Morgan fingerprint density at radius 3 is 2.21 bits per heavy atom. The number of likely N-dealkylation sites (tertiary alicyclic amines) is 1. The highest BCUT2D eigenvalue weighted by atomic mass is 32.2. The maximum atomic E-state index is 13.1. The van der Waals surface area contributed by atoms with Crippen LogP contribution in [0.15, 0.2) is 17.0 Å². The molecule has 1 heterocycles. The number of hydrogen-bond donors (Lipinski definition) is 0. The first-order chi connectivity index (χ1) is 16.1. The van der Waals surface area contributed by atoms with Crippen molar-refractivity contribution in [3.63, 3.8) is 0 Å². The summed E-state index contributed by atoms with van der Waals surface area (Å²) in [6.45, 7) is 13.1. The molecular formula is C25H43N3O5S. The maximum absolute atomic E-state index is 13.1. The zero-order valence-corrected chi connectivity index (χ0v) is 22.6. The van der Waals surface area contributed by atoms with Crippen LogP contribution in [0.2, 0.25) is 0 Å². The van der Waals surface area contributed by atoms with Crippen molar-refractivity contribution in [1.29, 1.82) is 0 Å². The topological polar surface area (TPSA) is 79.4 Å². The van der Waals surface area contributed by atoms with E-state index in [0.29, 0.717) is 22.8 Å². The minimum absolute atomic E-state index is 0.0153. The van der Waals surface area contributed by atoms with Crippen molar-refractivity contribution in [2.45, 2.75) is 51.9 Å². The highest BCUT2D eigenvalue weighted by Crippen LogP contribution is 2.27. The summed E-state index contributed by atoms with van der Waals surface area (Å²) in [5.74, 6) is 1.29. The first-order valence-corrected chi connectivity index (χ1v) is 13.8. The van der Waals surface area contributed by atoms with Gasteiger partial charge in [0, 0.05) is 26.7 Å². The van der Waals surface area contributed by atoms with Gasteiger partial charge in [-0.15, -0.1) is 0 Å². The first-order valence-electron chi connectivity index (χ1n) is 12.3. The Labute approximate surface area is 206 Å². The quantitative estimate of drug-likeness (QED) is 0.390. The van der Waals surface area contributed by atoms with Gasteiger partial charge in [-0.25, -0.2) is 8.42 Å². The van der Waals surface area contributed by atoms with Crippen LogP contribution in [0, 0.1) is 19.8 Å². The number of carbonyl (C=O) groups is 1. The number of aryl methyl sites for hydroxylation is 2. The molecule has 0 aromatic heterocycles. The van der Waals surface area contributed by atoms with E-state index in [9.17, 15) is 13.2 Å². The van der Waals surface area contributed by atoms with Crippen LogP contribution in [0.25, 0.3) is 0 Å². The van der Waals surface area contributed by atoms with E-state index in [1.165, 1.54) is 17.8 Å². The monoisotopic (exact) mass is 497 g/mol. The predicted molar refractivity (Wildman–Crippen MR) is 135 cm³/mol. The van der Waals surface area contributed by atoms with Crippen molar-refractivity contribution < 1.29 is 22.7 Å². The molecule has 194 valence electrons. The van der Waals surface area contributed by atoms with Gasteiger partial charge < -0.3 is 19.3 Å². The molecule has 1 aromatic carbocycles. The Hall–Kier alpha value is -1.68. The van der Waals surface area contributed by atoms with Crippen LogP contribution in [-0.2, 0) is 19.6 Å². The highest BCUT2D eigenvalue weighted by molar-refractivity contribution is 7.89. The van der Waals surface area contributed by atoms with Crippen molar-refractivity contribution in [3.8, 4) is 5.75 Å².